The number of unbranched alkanes of at least 4 members (excludes halogenated alkanes) is 1. The van der Waals surface area contributed by atoms with E-state index >= 15 is 0 Å². The number of nitrogens with one attached hydrogen (secondary N) is 7. The van der Waals surface area contributed by atoms with Crippen LogP contribution in [0.15, 0.2) is 36.8 Å². The topological polar surface area (TPSA) is 327 Å². The number of hydrogen-bond acceptors (Lipinski definition) is 14. The second-order valence-corrected chi connectivity index (χ2v) is 12.7. The maximum Gasteiger partial charge on any atom is 0.475 e. The van der Waals surface area contributed by atoms with Crippen molar-refractivity contribution in [3.63, 3.8) is 0 Å². The number of ketones is 2. The van der Waals surface area contributed by atoms with E-state index in [1.165, 1.54) is 35.5 Å². The molecule has 2 unspecified atom stereocenters. The first-order valence-corrected chi connectivity index (χ1v) is 17.6. The number of hydrazine groups is 1. The summed E-state index contributed by atoms with van der Waals surface area (Å²) in [5, 5.41) is 38.8. The van der Waals surface area contributed by atoms with E-state index in [-0.39, 0.29) is 63.2 Å². The molecule has 0 radical (unpaired) electrons. The van der Waals surface area contributed by atoms with Crippen molar-refractivity contribution >= 4 is 59.9 Å². The Kier molecular flexibility index (Phi) is 17.9. The molecule has 1 aromatic carbocycles. The Morgan fingerprint density at radius 1 is 0.982 bits per heavy atom. The number of rotatable bonds is 24. The fourth-order valence-corrected chi connectivity index (χ4v) is 5.51. The minimum absolute atomic E-state index is 0.0498. The van der Waals surface area contributed by atoms with E-state index in [9.17, 15) is 53.5 Å². The van der Waals surface area contributed by atoms with Crippen molar-refractivity contribution in [2.24, 2.45) is 5.73 Å². The molecular formula is C33H47BN10O11. The lowest BCUT2D eigenvalue weighted by molar-refractivity contribution is -0.142. The zero-order chi connectivity index (χ0) is 40.3. The van der Waals surface area contributed by atoms with Crippen LogP contribution in [0, 0.1) is 0 Å². The number of likely N-dealkylation sites (tertiary alicyclic amines) is 1. The van der Waals surface area contributed by atoms with Crippen LogP contribution in [0.2, 0.25) is 0 Å². The third-order valence-corrected chi connectivity index (χ3v) is 8.58. The van der Waals surface area contributed by atoms with Crippen molar-refractivity contribution < 1.29 is 53.5 Å². The number of hydrogen-bond donors (Lipinski definition) is 11. The number of carbonyl (C=O) groups excluding carboxylic acids is 7. The fourth-order valence-electron chi connectivity index (χ4n) is 5.51. The van der Waals surface area contributed by atoms with Gasteiger partial charge in [-0.15, -0.1) is 0 Å². The molecule has 0 saturated carbocycles. The summed E-state index contributed by atoms with van der Waals surface area (Å²) in [5.41, 5.74) is 11.1. The maximum atomic E-state index is 12.9. The van der Waals surface area contributed by atoms with Gasteiger partial charge in [-0.3, -0.25) is 49.7 Å². The van der Waals surface area contributed by atoms with Crippen LogP contribution in [-0.4, -0.2) is 135 Å². The Morgan fingerprint density at radius 2 is 1.73 bits per heavy atom. The highest BCUT2D eigenvalue weighted by Crippen LogP contribution is 2.18. The van der Waals surface area contributed by atoms with Gasteiger partial charge < -0.3 is 46.7 Å². The molecule has 5 amide bonds. The molecule has 1 aliphatic heterocycles. The molecule has 0 aliphatic carbocycles. The predicted octanol–water partition coefficient (Wildman–Crippen LogP) is -3.48. The standard InChI is InChI=1S/C33H47BN10O11/c35-15-23(45)17-38-25(14-22-16-36-19-40-22)31(50)41-24(33(52)53)4-1-2-12-37-28(47)11-10-26(46)32(51)43-42-21-8-6-20(7-9-21)30(49)39-18-29(48)44-13-3-5-27(44)34(54)55/h6-9,16,19,24-25,27,38,42,54-55H,1-5,10-15,17-18,35H2,(H,36,40)(H,37,47)(H,39,49)(H,41,50)(H,43,51)(H,52,53)/t24?,25?,27-/m0/s1. The molecule has 22 heteroatoms. The van der Waals surface area contributed by atoms with Crippen molar-refractivity contribution in [2.75, 3.05) is 38.1 Å². The van der Waals surface area contributed by atoms with Gasteiger partial charge in [0, 0.05) is 44.1 Å². The van der Waals surface area contributed by atoms with Crippen LogP contribution < -0.4 is 37.9 Å². The number of H-pyrrole nitrogens is 1. The molecule has 1 aromatic heterocycles. The van der Waals surface area contributed by atoms with Gasteiger partial charge in [0.25, 0.3) is 5.91 Å². The molecule has 12 N–H and O–H groups in total. The van der Waals surface area contributed by atoms with Gasteiger partial charge in [-0.2, -0.15) is 0 Å². The minimum atomic E-state index is -1.66. The van der Waals surface area contributed by atoms with Gasteiger partial charge in [-0.05, 0) is 56.4 Å². The number of aliphatic carboxylic acids is 1. The van der Waals surface area contributed by atoms with Crippen molar-refractivity contribution in [1.82, 2.24) is 41.6 Å². The third-order valence-electron chi connectivity index (χ3n) is 8.58. The summed E-state index contributed by atoms with van der Waals surface area (Å²) in [7, 11) is -1.66. The Bertz CT molecular complexity index is 1640. The van der Waals surface area contributed by atoms with Crippen LogP contribution in [0.4, 0.5) is 5.69 Å². The molecular weight excluding hydrogens is 723 g/mol. The molecule has 2 heterocycles. The highest BCUT2D eigenvalue weighted by atomic mass is 16.4. The summed E-state index contributed by atoms with van der Waals surface area (Å²) in [4.78, 5) is 106. The Labute approximate surface area is 316 Å². The number of imidazole rings is 1. The highest BCUT2D eigenvalue weighted by molar-refractivity contribution is 6.43. The van der Waals surface area contributed by atoms with Gasteiger partial charge in [0.05, 0.1) is 49.3 Å². The van der Waals surface area contributed by atoms with E-state index in [0.29, 0.717) is 43.6 Å². The van der Waals surface area contributed by atoms with Crippen molar-refractivity contribution in [3.05, 3.63) is 48.0 Å². The van der Waals surface area contributed by atoms with Crippen LogP contribution >= 0.6 is 0 Å². The van der Waals surface area contributed by atoms with E-state index in [1.807, 2.05) is 0 Å². The largest absolute Gasteiger partial charge is 0.480 e. The fraction of sp³-hybridized carbons (Fsp3) is 0.485. The monoisotopic (exact) mass is 770 g/mol. The summed E-state index contributed by atoms with van der Waals surface area (Å²) in [6.45, 7) is -0.222. The van der Waals surface area contributed by atoms with E-state index in [1.54, 1.807) is 6.20 Å². The van der Waals surface area contributed by atoms with Gasteiger partial charge >= 0.3 is 19.0 Å². The van der Waals surface area contributed by atoms with Gasteiger partial charge in [-0.1, -0.05) is 0 Å². The van der Waals surface area contributed by atoms with Crippen molar-refractivity contribution in [3.8, 4) is 0 Å². The van der Waals surface area contributed by atoms with Crippen LogP contribution in [0.3, 0.4) is 0 Å². The Hall–Kier alpha value is -5.71. The molecule has 2 aromatic rings. The molecule has 0 spiro atoms. The summed E-state index contributed by atoms with van der Waals surface area (Å²) >= 11 is 0. The molecule has 21 nitrogen and oxygen atoms in total. The molecule has 298 valence electrons. The molecule has 1 aliphatic rings. The molecule has 3 atom stereocenters. The first-order chi connectivity index (χ1) is 26.3. The SMILES string of the molecule is NCC(=O)CNC(Cc1c[nH]cn1)C(=O)NC(CCCCNC(=O)CCC(=O)C(=O)NNc1ccc(C(=O)NCC(=O)N2CCC[C@H]2B(O)O)cc1)C(=O)O. The molecule has 0 bridgehead atoms. The van der Waals surface area contributed by atoms with Crippen LogP contribution in [0.5, 0.6) is 0 Å². The Balaban J connectivity index is 1.31. The number of nitrogens with two attached hydrogens (primary N) is 1. The average Bonchev–Trinajstić information content (AvgIpc) is 3.89. The lowest BCUT2D eigenvalue weighted by Gasteiger charge is -2.24. The zero-order valence-electron chi connectivity index (χ0n) is 30.0. The number of anilines is 1. The highest BCUT2D eigenvalue weighted by Gasteiger charge is 2.36. The zero-order valence-corrected chi connectivity index (χ0v) is 30.0. The Morgan fingerprint density at radius 3 is 2.38 bits per heavy atom. The number of nitrogens with zero attached hydrogens (tertiary/aromatic N) is 2. The predicted molar refractivity (Wildman–Crippen MR) is 194 cm³/mol. The second-order valence-electron chi connectivity index (χ2n) is 12.7. The number of carboxylic acids is 1. The van der Waals surface area contributed by atoms with Crippen LogP contribution in [0.25, 0.3) is 0 Å². The molecule has 3 rings (SSSR count). The molecule has 1 fully saturated rings. The number of aromatic amines is 1. The van der Waals surface area contributed by atoms with E-state index < -0.39 is 66.4 Å². The van der Waals surface area contributed by atoms with Gasteiger partial charge in [0.2, 0.25) is 23.5 Å². The van der Waals surface area contributed by atoms with E-state index in [2.05, 4.69) is 42.1 Å². The van der Waals surface area contributed by atoms with Crippen molar-refractivity contribution in [1.29, 1.82) is 0 Å². The molecule has 55 heavy (non-hydrogen) atoms. The first kappa shape index (κ1) is 43.7. The summed E-state index contributed by atoms with van der Waals surface area (Å²) in [6.07, 6.45) is 4.22. The number of benzene rings is 1. The lowest BCUT2D eigenvalue weighted by atomic mass is 9.78. The van der Waals surface area contributed by atoms with Crippen LogP contribution in [-0.2, 0) is 40.0 Å². The number of aromatic nitrogens is 2. The normalized spacial score (nSPS) is 14.6. The van der Waals surface area contributed by atoms with Gasteiger partial charge in [-0.25, -0.2) is 9.78 Å². The van der Waals surface area contributed by atoms with E-state index in [4.69, 9.17) is 5.73 Å². The quantitative estimate of drug-likeness (QED) is 0.0214. The van der Waals surface area contributed by atoms with E-state index in [0.717, 1.165) is 0 Å². The number of carbonyl (C=O) groups is 8. The third kappa shape index (κ3) is 14.9. The summed E-state index contributed by atoms with van der Waals surface area (Å²) in [5.74, 6) is -6.32. The smallest absolute Gasteiger partial charge is 0.475 e. The van der Waals surface area contributed by atoms with Crippen LogP contribution in [0.1, 0.15) is 61.0 Å². The molecule has 1 saturated heterocycles. The average molecular weight is 771 g/mol. The van der Waals surface area contributed by atoms with Gasteiger partial charge in [0.1, 0.15) is 6.04 Å². The minimum Gasteiger partial charge on any atom is -0.480 e. The number of Topliss-reactive ketones (excluding diaryl/α,β-unsaturated/α-hetero) is 2. The summed E-state index contributed by atoms with van der Waals surface area (Å²) < 4.78 is 0. The van der Waals surface area contributed by atoms with Crippen molar-refractivity contribution in [2.45, 2.75) is 69.4 Å². The second kappa shape index (κ2) is 22.5. The number of amides is 5. The maximum absolute atomic E-state index is 12.9. The van der Waals surface area contributed by atoms with Gasteiger partial charge in [0.15, 0.2) is 5.78 Å². The lowest BCUT2D eigenvalue weighted by Crippen LogP contribution is -2.52. The summed E-state index contributed by atoms with van der Waals surface area (Å²) in [6, 6.07) is 3.55. The number of carboxylic acid groups (broad SMARTS) is 1. The first-order valence-electron chi connectivity index (χ1n) is 17.6.